The Hall–Kier alpha value is -1.89. The molecule has 1 aliphatic heterocycles. The number of benzene rings is 2. The molecule has 26 heavy (non-hydrogen) atoms. The second-order valence-electron chi connectivity index (χ2n) is 5.87. The number of hydrogen-bond acceptors (Lipinski definition) is 6. The van der Waals surface area contributed by atoms with Gasteiger partial charge in [0.2, 0.25) is 5.76 Å². The van der Waals surface area contributed by atoms with Gasteiger partial charge in [0.05, 0.1) is 11.2 Å². The molecule has 1 fully saturated rings. The molecule has 0 amide bonds. The van der Waals surface area contributed by atoms with Crippen LogP contribution in [0, 0.1) is 0 Å². The lowest BCUT2D eigenvalue weighted by molar-refractivity contribution is 0.0697. The number of thioether (sulfide) groups is 2. The predicted molar refractivity (Wildman–Crippen MR) is 106 cm³/mol. The van der Waals surface area contributed by atoms with E-state index in [-0.39, 0.29) is 12.4 Å². The number of para-hydroxylation sites is 1. The zero-order valence-electron chi connectivity index (χ0n) is 14.3. The lowest BCUT2D eigenvalue weighted by Crippen LogP contribution is -2.10. The Bertz CT molecular complexity index is 911. The molecule has 0 saturated carbocycles. The normalized spacial score (nSPS) is 14.8. The number of ether oxygens (including phenoxy) is 2. The van der Waals surface area contributed by atoms with Crippen molar-refractivity contribution in [2.75, 3.05) is 18.6 Å². The van der Waals surface area contributed by atoms with Gasteiger partial charge in [0, 0.05) is 29.6 Å². The molecule has 0 radical (unpaired) electrons. The molecule has 1 aromatic heterocycles. The Labute approximate surface area is 160 Å². The summed E-state index contributed by atoms with van der Waals surface area (Å²) in [6.07, 6.45) is 0. The van der Waals surface area contributed by atoms with Crippen LogP contribution >= 0.6 is 23.5 Å². The fraction of sp³-hybridized carbons (Fsp3) is 0.250. The number of esters is 1. The Morgan fingerprint density at radius 2 is 1.85 bits per heavy atom. The second-order valence-corrected chi connectivity index (χ2v) is 8.60. The van der Waals surface area contributed by atoms with E-state index in [0.717, 1.165) is 5.39 Å². The van der Waals surface area contributed by atoms with Gasteiger partial charge < -0.3 is 13.9 Å². The standard InChI is InChI=1S/C20H18O4S2/c1-22-12-16-15-4-2-3-5-17(15)24-18(16)19(21)23-14-8-6-13(7-9-14)20-25-10-11-26-20/h2-9,20H,10-12H2,1H3. The third-order valence-electron chi connectivity index (χ3n) is 4.16. The molecule has 6 heteroatoms. The molecule has 2 heterocycles. The molecule has 0 bridgehead atoms. The molecule has 0 aliphatic carbocycles. The van der Waals surface area contributed by atoms with E-state index in [0.29, 0.717) is 21.5 Å². The molecule has 3 aromatic rings. The van der Waals surface area contributed by atoms with Crippen LogP contribution in [0.4, 0.5) is 0 Å². The van der Waals surface area contributed by atoms with E-state index in [1.165, 1.54) is 17.1 Å². The summed E-state index contributed by atoms with van der Waals surface area (Å²) < 4.78 is 17.0. The van der Waals surface area contributed by atoms with Gasteiger partial charge >= 0.3 is 5.97 Å². The number of fused-ring (bicyclic) bond motifs is 1. The summed E-state index contributed by atoms with van der Waals surface area (Å²) in [4.78, 5) is 12.6. The first kappa shape index (κ1) is 17.5. The first-order valence-electron chi connectivity index (χ1n) is 8.31. The van der Waals surface area contributed by atoms with Crippen LogP contribution in [0.2, 0.25) is 0 Å². The van der Waals surface area contributed by atoms with Gasteiger partial charge in [-0.1, -0.05) is 30.3 Å². The van der Waals surface area contributed by atoms with Crippen molar-refractivity contribution < 1.29 is 18.7 Å². The first-order chi connectivity index (χ1) is 12.8. The van der Waals surface area contributed by atoms with Crippen molar-refractivity contribution in [2.45, 2.75) is 11.2 Å². The van der Waals surface area contributed by atoms with Gasteiger partial charge in [-0.3, -0.25) is 0 Å². The highest BCUT2D eigenvalue weighted by atomic mass is 32.2. The van der Waals surface area contributed by atoms with Crippen LogP contribution in [0.3, 0.4) is 0 Å². The first-order valence-corrected chi connectivity index (χ1v) is 10.4. The number of carbonyl (C=O) groups excluding carboxylic acids is 1. The van der Waals surface area contributed by atoms with Crippen molar-refractivity contribution in [2.24, 2.45) is 0 Å². The average molecular weight is 386 g/mol. The van der Waals surface area contributed by atoms with E-state index < -0.39 is 5.97 Å². The van der Waals surface area contributed by atoms with Gasteiger partial charge in [0.15, 0.2) is 0 Å². The summed E-state index contributed by atoms with van der Waals surface area (Å²) in [6.45, 7) is 0.288. The maximum absolute atomic E-state index is 12.6. The quantitative estimate of drug-likeness (QED) is 0.439. The zero-order chi connectivity index (χ0) is 17.9. The van der Waals surface area contributed by atoms with E-state index in [1.54, 1.807) is 7.11 Å². The number of hydrogen-bond donors (Lipinski definition) is 0. The summed E-state index contributed by atoms with van der Waals surface area (Å²) in [5.41, 5.74) is 2.61. The molecule has 4 rings (SSSR count). The van der Waals surface area contributed by atoms with Gasteiger partial charge in [-0.25, -0.2) is 4.79 Å². The molecule has 1 aliphatic rings. The van der Waals surface area contributed by atoms with Crippen LogP contribution in [0.15, 0.2) is 52.9 Å². The third-order valence-corrected chi connectivity index (χ3v) is 7.26. The third kappa shape index (κ3) is 3.49. The summed E-state index contributed by atoms with van der Waals surface area (Å²) in [5.74, 6) is 2.56. The summed E-state index contributed by atoms with van der Waals surface area (Å²) in [5, 5.41) is 0.868. The molecule has 1 saturated heterocycles. The monoisotopic (exact) mass is 386 g/mol. The van der Waals surface area contributed by atoms with E-state index in [2.05, 4.69) is 0 Å². The van der Waals surface area contributed by atoms with Gasteiger partial charge in [-0.05, 0) is 23.8 Å². The fourth-order valence-electron chi connectivity index (χ4n) is 2.95. The van der Waals surface area contributed by atoms with E-state index >= 15 is 0 Å². The highest BCUT2D eigenvalue weighted by molar-refractivity contribution is 8.19. The molecule has 0 unspecified atom stereocenters. The molecule has 0 N–H and O–H groups in total. The van der Waals surface area contributed by atoms with Crippen LogP contribution in [0.1, 0.15) is 26.3 Å². The molecular weight excluding hydrogens is 368 g/mol. The molecular formula is C20H18O4S2. The maximum atomic E-state index is 12.6. The van der Waals surface area contributed by atoms with E-state index in [9.17, 15) is 4.79 Å². The highest BCUT2D eigenvalue weighted by Crippen LogP contribution is 2.45. The lowest BCUT2D eigenvalue weighted by Gasteiger charge is -2.09. The SMILES string of the molecule is COCc1c(C(=O)Oc2ccc(C3SCCS3)cc2)oc2ccccc12. The van der Waals surface area contributed by atoms with Crippen molar-refractivity contribution in [3.63, 3.8) is 0 Å². The van der Waals surface area contributed by atoms with Crippen molar-refractivity contribution >= 4 is 40.5 Å². The molecule has 4 nitrogen and oxygen atoms in total. The summed E-state index contributed by atoms with van der Waals surface area (Å²) in [6, 6.07) is 15.2. The van der Waals surface area contributed by atoms with Crippen LogP contribution in [0.25, 0.3) is 11.0 Å². The van der Waals surface area contributed by atoms with Crippen molar-refractivity contribution in [3.05, 3.63) is 65.4 Å². The molecule has 2 aromatic carbocycles. The van der Waals surface area contributed by atoms with Gasteiger partial charge in [0.1, 0.15) is 11.3 Å². The number of methoxy groups -OCH3 is 1. The molecule has 134 valence electrons. The van der Waals surface area contributed by atoms with Crippen LogP contribution in [-0.2, 0) is 11.3 Å². The van der Waals surface area contributed by atoms with Crippen molar-refractivity contribution in [1.29, 1.82) is 0 Å². The van der Waals surface area contributed by atoms with Crippen LogP contribution < -0.4 is 4.74 Å². The van der Waals surface area contributed by atoms with E-state index in [4.69, 9.17) is 13.9 Å². The Balaban J connectivity index is 1.56. The summed E-state index contributed by atoms with van der Waals surface area (Å²) >= 11 is 3.90. The number of furan rings is 1. The average Bonchev–Trinajstić information content (AvgIpc) is 3.31. The smallest absolute Gasteiger partial charge is 0.380 e. The molecule has 0 atom stereocenters. The van der Waals surface area contributed by atoms with Crippen LogP contribution in [0.5, 0.6) is 5.75 Å². The Morgan fingerprint density at radius 1 is 1.12 bits per heavy atom. The maximum Gasteiger partial charge on any atom is 0.380 e. The second kappa shape index (κ2) is 7.78. The number of carbonyl (C=O) groups is 1. The largest absolute Gasteiger partial charge is 0.449 e. The predicted octanol–water partition coefficient (Wildman–Crippen LogP) is 5.28. The van der Waals surface area contributed by atoms with Gasteiger partial charge in [0.25, 0.3) is 0 Å². The summed E-state index contributed by atoms with van der Waals surface area (Å²) in [7, 11) is 1.59. The van der Waals surface area contributed by atoms with E-state index in [1.807, 2.05) is 72.1 Å². The Morgan fingerprint density at radius 3 is 2.58 bits per heavy atom. The fourth-order valence-corrected chi connectivity index (χ4v) is 5.81. The minimum Gasteiger partial charge on any atom is -0.449 e. The minimum atomic E-state index is -0.509. The minimum absolute atomic E-state index is 0.194. The lowest BCUT2D eigenvalue weighted by atomic mass is 10.1. The Kier molecular flexibility index (Phi) is 5.24. The topological polar surface area (TPSA) is 48.7 Å². The van der Waals surface area contributed by atoms with Gasteiger partial charge in [-0.15, -0.1) is 23.5 Å². The van der Waals surface area contributed by atoms with Crippen molar-refractivity contribution in [1.82, 2.24) is 0 Å². The zero-order valence-corrected chi connectivity index (χ0v) is 15.9. The van der Waals surface area contributed by atoms with Crippen molar-refractivity contribution in [3.8, 4) is 5.75 Å². The molecule has 0 spiro atoms. The van der Waals surface area contributed by atoms with Crippen LogP contribution in [-0.4, -0.2) is 24.6 Å². The number of rotatable bonds is 5. The highest BCUT2D eigenvalue weighted by Gasteiger charge is 2.23. The van der Waals surface area contributed by atoms with Gasteiger partial charge in [-0.2, -0.15) is 0 Å².